The molecule has 9 nitrogen and oxygen atoms in total. The van der Waals surface area contributed by atoms with Gasteiger partial charge in [0, 0.05) is 18.2 Å². The highest BCUT2D eigenvalue weighted by molar-refractivity contribution is 7.89. The van der Waals surface area contributed by atoms with Gasteiger partial charge in [-0.3, -0.25) is 4.79 Å². The van der Waals surface area contributed by atoms with Crippen molar-refractivity contribution in [2.45, 2.75) is 39.0 Å². The Kier molecular flexibility index (Phi) is 6.61. The lowest BCUT2D eigenvalue weighted by atomic mass is 10.1. The van der Waals surface area contributed by atoms with Gasteiger partial charge in [-0.15, -0.1) is 0 Å². The second-order valence-electron chi connectivity index (χ2n) is 7.59. The molecular weight excluding hydrogens is 420 g/mol. The number of hydrogen-bond donors (Lipinski definition) is 1. The molecule has 10 heteroatoms. The van der Waals surface area contributed by atoms with Crippen molar-refractivity contribution in [3.63, 3.8) is 0 Å². The van der Waals surface area contributed by atoms with Gasteiger partial charge in [0.1, 0.15) is 22.0 Å². The van der Waals surface area contributed by atoms with E-state index in [1.165, 1.54) is 23.9 Å². The third-order valence-electron chi connectivity index (χ3n) is 4.77. The zero-order chi connectivity index (χ0) is 22.8. The predicted octanol–water partition coefficient (Wildman–Crippen LogP) is 2.84. The molecule has 2 aromatic heterocycles. The van der Waals surface area contributed by atoms with Crippen molar-refractivity contribution >= 4 is 10.0 Å². The number of aryl methyl sites for hydroxylation is 2. The van der Waals surface area contributed by atoms with E-state index in [1.54, 1.807) is 32.0 Å². The number of nitrogens with one attached hydrogen (secondary N) is 1. The predicted molar refractivity (Wildman–Crippen MR) is 116 cm³/mol. The van der Waals surface area contributed by atoms with E-state index in [4.69, 9.17) is 9.26 Å². The minimum absolute atomic E-state index is 0.00754. The molecule has 1 N–H and O–H groups in total. The monoisotopic (exact) mass is 446 g/mol. The van der Waals surface area contributed by atoms with Crippen molar-refractivity contribution in [1.29, 1.82) is 0 Å². The lowest BCUT2D eigenvalue weighted by Crippen LogP contribution is -2.26. The third-order valence-corrected chi connectivity index (χ3v) is 6.25. The van der Waals surface area contributed by atoms with Crippen molar-refractivity contribution in [1.82, 2.24) is 19.7 Å². The van der Waals surface area contributed by atoms with E-state index in [-0.39, 0.29) is 16.2 Å². The van der Waals surface area contributed by atoms with Crippen LogP contribution in [0.15, 0.2) is 44.5 Å². The number of hydrogen-bond acceptors (Lipinski definition) is 7. The van der Waals surface area contributed by atoms with Gasteiger partial charge in [0.15, 0.2) is 5.76 Å². The molecule has 3 rings (SSSR count). The molecule has 0 radical (unpaired) electrons. The van der Waals surface area contributed by atoms with Crippen molar-refractivity contribution in [3.8, 4) is 22.7 Å². The molecule has 0 unspecified atom stereocenters. The molecule has 0 bridgehead atoms. The van der Waals surface area contributed by atoms with E-state index in [9.17, 15) is 13.2 Å². The van der Waals surface area contributed by atoms with Crippen LogP contribution < -0.4 is 15.0 Å². The molecule has 3 aromatic rings. The molecule has 0 fully saturated rings. The van der Waals surface area contributed by atoms with Gasteiger partial charge in [-0.05, 0) is 50.5 Å². The average Bonchev–Trinajstić information content (AvgIpc) is 3.05. The number of methoxy groups -OCH3 is 1. The van der Waals surface area contributed by atoms with E-state index in [1.807, 2.05) is 13.8 Å². The van der Waals surface area contributed by atoms with Gasteiger partial charge in [0.2, 0.25) is 10.0 Å². The summed E-state index contributed by atoms with van der Waals surface area (Å²) in [5.41, 5.74) is 1.57. The normalized spacial score (nSPS) is 11.8. The molecule has 0 saturated carbocycles. The summed E-state index contributed by atoms with van der Waals surface area (Å²) >= 11 is 0. The van der Waals surface area contributed by atoms with Crippen LogP contribution in [0.2, 0.25) is 0 Å². The van der Waals surface area contributed by atoms with E-state index in [0.29, 0.717) is 47.3 Å². The van der Waals surface area contributed by atoms with Crippen molar-refractivity contribution < 1.29 is 17.7 Å². The first-order valence-electron chi connectivity index (χ1n) is 9.85. The quantitative estimate of drug-likeness (QED) is 0.565. The molecule has 0 aliphatic heterocycles. The summed E-state index contributed by atoms with van der Waals surface area (Å²) in [5.74, 6) is 1.04. The summed E-state index contributed by atoms with van der Waals surface area (Å²) in [6, 6.07) is 7.66. The first kappa shape index (κ1) is 22.7. The molecule has 0 saturated heterocycles. The Hall–Kier alpha value is -2.98. The smallest absolute Gasteiger partial charge is 0.271 e. The first-order valence-corrected chi connectivity index (χ1v) is 11.3. The Labute approximate surface area is 181 Å². The Morgan fingerprint density at radius 1 is 1.19 bits per heavy atom. The highest BCUT2D eigenvalue weighted by atomic mass is 32.2. The van der Waals surface area contributed by atoms with Crippen molar-refractivity contribution in [2.75, 3.05) is 13.7 Å². The molecule has 2 heterocycles. The lowest BCUT2D eigenvalue weighted by Gasteiger charge is -2.13. The maximum Gasteiger partial charge on any atom is 0.271 e. The fourth-order valence-corrected chi connectivity index (χ4v) is 4.35. The minimum Gasteiger partial charge on any atom is -0.495 e. The zero-order valence-electron chi connectivity index (χ0n) is 18.2. The molecular formula is C21H26N4O5S. The second-order valence-corrected chi connectivity index (χ2v) is 9.32. The standard InChI is InChI=1S/C21H26N4O5S/c1-13(2)10-11-22-31(27,28)19-12-16(6-8-18(19)29-5)17-7-9-20(26)25(23-17)21-14(3)24-30-15(21)4/h6-9,12-13,22H,10-11H2,1-5H3. The third kappa shape index (κ3) is 4.86. The maximum absolute atomic E-state index is 12.9. The van der Waals surface area contributed by atoms with Crippen molar-refractivity contribution in [3.05, 3.63) is 52.1 Å². The summed E-state index contributed by atoms with van der Waals surface area (Å²) in [4.78, 5) is 12.4. The van der Waals surface area contributed by atoms with Gasteiger partial charge < -0.3 is 9.26 Å². The maximum atomic E-state index is 12.9. The number of rotatable bonds is 8. The van der Waals surface area contributed by atoms with Crippen LogP contribution in [0.1, 0.15) is 31.7 Å². The molecule has 0 aliphatic carbocycles. The van der Waals surface area contributed by atoms with Gasteiger partial charge >= 0.3 is 0 Å². The van der Waals surface area contributed by atoms with Gasteiger partial charge in [0.25, 0.3) is 5.56 Å². The fraction of sp³-hybridized carbons (Fsp3) is 0.381. The molecule has 166 valence electrons. The summed E-state index contributed by atoms with van der Waals surface area (Å²) in [5, 5.41) is 8.29. The number of sulfonamides is 1. The van der Waals surface area contributed by atoms with Crippen molar-refractivity contribution in [2.24, 2.45) is 5.92 Å². The zero-order valence-corrected chi connectivity index (χ0v) is 19.0. The van der Waals surface area contributed by atoms with E-state index < -0.39 is 10.0 Å². The number of aromatic nitrogens is 3. The van der Waals surface area contributed by atoms with Crippen LogP contribution in [0, 0.1) is 19.8 Å². The Morgan fingerprint density at radius 2 is 1.94 bits per heavy atom. The molecule has 1 aromatic carbocycles. The largest absolute Gasteiger partial charge is 0.495 e. The van der Waals surface area contributed by atoms with Gasteiger partial charge in [0.05, 0.1) is 12.8 Å². The molecule has 0 spiro atoms. The van der Waals surface area contributed by atoms with Gasteiger partial charge in [-0.1, -0.05) is 19.0 Å². The average molecular weight is 447 g/mol. The van der Waals surface area contributed by atoms with Crippen LogP contribution >= 0.6 is 0 Å². The minimum atomic E-state index is -3.80. The SMILES string of the molecule is COc1ccc(-c2ccc(=O)n(-c3c(C)noc3C)n2)cc1S(=O)(=O)NCCC(C)C. The van der Waals surface area contributed by atoms with Crippen LogP contribution in [0.4, 0.5) is 0 Å². The van der Waals surface area contributed by atoms with E-state index in [2.05, 4.69) is 15.0 Å². The van der Waals surface area contributed by atoms with Crippen LogP contribution in [0.25, 0.3) is 16.9 Å². The fourth-order valence-electron chi connectivity index (χ4n) is 3.11. The topological polar surface area (TPSA) is 116 Å². The molecule has 31 heavy (non-hydrogen) atoms. The van der Waals surface area contributed by atoms with E-state index in [0.717, 1.165) is 0 Å². The van der Waals surface area contributed by atoms with E-state index >= 15 is 0 Å². The molecule has 0 aliphatic rings. The van der Waals surface area contributed by atoms with Gasteiger partial charge in [-0.2, -0.15) is 9.78 Å². The van der Waals surface area contributed by atoms with Crippen LogP contribution in [0.3, 0.4) is 0 Å². The Morgan fingerprint density at radius 3 is 2.55 bits per heavy atom. The lowest BCUT2D eigenvalue weighted by molar-refractivity contribution is 0.392. The second kappa shape index (κ2) is 9.03. The summed E-state index contributed by atoms with van der Waals surface area (Å²) in [6.45, 7) is 7.78. The van der Waals surface area contributed by atoms with Gasteiger partial charge in [-0.25, -0.2) is 13.1 Å². The Bertz CT molecular complexity index is 1230. The number of benzene rings is 1. The molecule has 0 amide bonds. The number of ether oxygens (including phenoxy) is 1. The summed E-state index contributed by atoms with van der Waals surface area (Å²) in [7, 11) is -2.39. The number of nitrogens with zero attached hydrogens (tertiary/aromatic N) is 3. The van der Waals surface area contributed by atoms with Crippen LogP contribution in [-0.2, 0) is 10.0 Å². The molecule has 0 atom stereocenters. The highest BCUT2D eigenvalue weighted by Gasteiger charge is 2.21. The summed E-state index contributed by atoms with van der Waals surface area (Å²) in [6.07, 6.45) is 0.713. The first-order chi connectivity index (χ1) is 14.6. The van der Waals surface area contributed by atoms with Crippen LogP contribution in [-0.4, -0.2) is 37.0 Å². The summed E-state index contributed by atoms with van der Waals surface area (Å²) < 4.78 is 40.0. The van der Waals surface area contributed by atoms with Crippen LogP contribution in [0.5, 0.6) is 5.75 Å². The highest BCUT2D eigenvalue weighted by Crippen LogP contribution is 2.29. The Balaban J connectivity index is 2.06.